The fourth-order valence-corrected chi connectivity index (χ4v) is 4.11. The number of carbonyl (C=O) groups excluding carboxylic acids is 1. The third-order valence-corrected chi connectivity index (χ3v) is 5.44. The molecule has 1 aliphatic heterocycles. The van der Waals surface area contributed by atoms with Gasteiger partial charge in [-0.25, -0.2) is 12.8 Å². The summed E-state index contributed by atoms with van der Waals surface area (Å²) in [5.74, 6) is -0.871. The predicted molar refractivity (Wildman–Crippen MR) is 100 cm³/mol. The lowest BCUT2D eigenvalue weighted by Gasteiger charge is -2.31. The van der Waals surface area contributed by atoms with Gasteiger partial charge in [-0.1, -0.05) is 18.2 Å². The second-order valence-corrected chi connectivity index (χ2v) is 8.22. The third kappa shape index (κ3) is 5.27. The van der Waals surface area contributed by atoms with Crippen molar-refractivity contribution in [3.05, 3.63) is 65.5 Å². The molecule has 1 N–H and O–H groups in total. The fraction of sp³-hybridized carbons (Fsp3) is 0.316. The van der Waals surface area contributed by atoms with Crippen LogP contribution < -0.4 is 4.72 Å². The van der Waals surface area contributed by atoms with Gasteiger partial charge in [0.15, 0.2) is 0 Å². The summed E-state index contributed by atoms with van der Waals surface area (Å²) in [6, 6.07) is 11.7. The van der Waals surface area contributed by atoms with Gasteiger partial charge in [0.1, 0.15) is 5.82 Å². The number of amides is 1. The highest BCUT2D eigenvalue weighted by Crippen LogP contribution is 2.17. The Kier molecular flexibility index (Phi) is 5.76. The van der Waals surface area contributed by atoms with Crippen molar-refractivity contribution in [2.75, 3.05) is 24.4 Å². The summed E-state index contributed by atoms with van der Waals surface area (Å²) in [5.41, 5.74) is 1.19. The molecule has 0 saturated carbocycles. The quantitative estimate of drug-likeness (QED) is 0.849. The molecule has 0 aromatic heterocycles. The molecule has 1 amide bonds. The molecule has 1 fully saturated rings. The first kappa shape index (κ1) is 19.3. The highest BCUT2D eigenvalue weighted by atomic mass is 32.2. The number of carbonyl (C=O) groups is 1. The number of nitrogens with one attached hydrogen (secondary N) is 1. The molecule has 144 valence electrons. The van der Waals surface area contributed by atoms with Crippen LogP contribution in [0.25, 0.3) is 0 Å². The number of morpholine rings is 1. The lowest BCUT2D eigenvalue weighted by molar-refractivity contribution is -0.0124. The second-order valence-electron chi connectivity index (χ2n) is 6.50. The third-order valence-electron chi connectivity index (χ3n) is 4.18. The van der Waals surface area contributed by atoms with E-state index in [1.807, 2.05) is 6.92 Å². The van der Waals surface area contributed by atoms with E-state index in [-0.39, 0.29) is 17.8 Å². The Balaban J connectivity index is 1.71. The molecular formula is C19H21FN2O4S. The number of rotatable bonds is 5. The maximum atomic E-state index is 13.0. The molecule has 1 heterocycles. The lowest BCUT2D eigenvalue weighted by Crippen LogP contribution is -2.44. The second kappa shape index (κ2) is 8.06. The molecule has 0 bridgehead atoms. The molecule has 3 rings (SSSR count). The van der Waals surface area contributed by atoms with Gasteiger partial charge < -0.3 is 9.64 Å². The molecule has 0 spiro atoms. The summed E-state index contributed by atoms with van der Waals surface area (Å²) in [6.45, 7) is 3.39. The van der Waals surface area contributed by atoms with Crippen molar-refractivity contribution < 1.29 is 22.3 Å². The zero-order chi connectivity index (χ0) is 19.4. The van der Waals surface area contributed by atoms with Crippen LogP contribution in [0.1, 0.15) is 22.8 Å². The molecule has 27 heavy (non-hydrogen) atoms. The molecule has 0 aliphatic carbocycles. The maximum Gasteiger partial charge on any atom is 0.254 e. The Morgan fingerprint density at radius 2 is 2.00 bits per heavy atom. The van der Waals surface area contributed by atoms with E-state index in [0.717, 1.165) is 0 Å². The van der Waals surface area contributed by atoms with E-state index in [0.29, 0.717) is 36.5 Å². The zero-order valence-electron chi connectivity index (χ0n) is 14.9. The Bertz CT molecular complexity index is 916. The van der Waals surface area contributed by atoms with Crippen LogP contribution in [0.15, 0.2) is 48.5 Å². The molecule has 2 aromatic rings. The molecule has 2 aromatic carbocycles. The van der Waals surface area contributed by atoms with E-state index in [1.54, 1.807) is 23.1 Å². The van der Waals surface area contributed by atoms with Crippen LogP contribution in [-0.4, -0.2) is 45.0 Å². The minimum Gasteiger partial charge on any atom is -0.375 e. The minimum absolute atomic E-state index is 0.0277. The molecule has 6 nitrogen and oxygen atoms in total. The molecule has 0 unspecified atom stereocenters. The van der Waals surface area contributed by atoms with Crippen LogP contribution >= 0.6 is 0 Å². The Morgan fingerprint density at radius 1 is 1.26 bits per heavy atom. The van der Waals surface area contributed by atoms with E-state index >= 15 is 0 Å². The number of hydrogen-bond donors (Lipinski definition) is 1. The van der Waals surface area contributed by atoms with Crippen molar-refractivity contribution in [2.24, 2.45) is 0 Å². The number of ether oxygens (including phenoxy) is 1. The monoisotopic (exact) mass is 392 g/mol. The first-order valence-electron chi connectivity index (χ1n) is 8.58. The summed E-state index contributed by atoms with van der Waals surface area (Å²) in [6.07, 6.45) is -0.0277. The van der Waals surface area contributed by atoms with E-state index in [2.05, 4.69) is 4.72 Å². The van der Waals surface area contributed by atoms with Crippen molar-refractivity contribution in [1.82, 2.24) is 4.90 Å². The Hall–Kier alpha value is -2.45. The fourth-order valence-electron chi connectivity index (χ4n) is 2.92. The summed E-state index contributed by atoms with van der Waals surface area (Å²) >= 11 is 0. The standard InChI is InChI=1S/C19H21FN2O4S/c1-14-12-22(9-10-26-14)19(23)16-3-2-4-18(11-16)21-27(24,25)13-15-5-7-17(20)8-6-15/h2-8,11,14,21H,9-10,12-13H2,1H3/t14-/m1/s1. The van der Waals surface area contributed by atoms with Crippen LogP contribution in [0.2, 0.25) is 0 Å². The van der Waals surface area contributed by atoms with Gasteiger partial charge in [-0.2, -0.15) is 0 Å². The molecule has 1 atom stereocenters. The van der Waals surface area contributed by atoms with Gasteiger partial charge in [-0.15, -0.1) is 0 Å². The van der Waals surface area contributed by atoms with Gasteiger partial charge in [0.05, 0.1) is 18.5 Å². The molecule has 0 radical (unpaired) electrons. The topological polar surface area (TPSA) is 75.7 Å². The molecule has 1 aliphatic rings. The van der Waals surface area contributed by atoms with Crippen molar-refractivity contribution >= 4 is 21.6 Å². The van der Waals surface area contributed by atoms with Crippen LogP contribution in [0.3, 0.4) is 0 Å². The smallest absolute Gasteiger partial charge is 0.254 e. The average Bonchev–Trinajstić information content (AvgIpc) is 2.62. The Labute approximate surface area is 158 Å². The van der Waals surface area contributed by atoms with Crippen LogP contribution in [0.5, 0.6) is 0 Å². The van der Waals surface area contributed by atoms with Crippen molar-refractivity contribution in [1.29, 1.82) is 0 Å². The SMILES string of the molecule is C[C@@H]1CN(C(=O)c2cccc(NS(=O)(=O)Cc3ccc(F)cc3)c2)CCO1. The number of nitrogens with zero attached hydrogens (tertiary/aromatic N) is 1. The number of sulfonamides is 1. The van der Waals surface area contributed by atoms with Gasteiger partial charge in [0.25, 0.3) is 5.91 Å². The van der Waals surface area contributed by atoms with E-state index in [1.165, 1.54) is 30.3 Å². The van der Waals surface area contributed by atoms with Gasteiger partial charge in [0.2, 0.25) is 10.0 Å². The number of anilines is 1. The predicted octanol–water partition coefficient (Wildman–Crippen LogP) is 2.63. The average molecular weight is 392 g/mol. The summed E-state index contributed by atoms with van der Waals surface area (Å²) in [7, 11) is -3.69. The van der Waals surface area contributed by atoms with E-state index in [9.17, 15) is 17.6 Å². The Morgan fingerprint density at radius 3 is 2.70 bits per heavy atom. The number of hydrogen-bond acceptors (Lipinski definition) is 4. The summed E-state index contributed by atoms with van der Waals surface area (Å²) in [5, 5.41) is 0. The first-order chi connectivity index (χ1) is 12.8. The molecular weight excluding hydrogens is 371 g/mol. The van der Waals surface area contributed by atoms with Crippen molar-refractivity contribution in [3.63, 3.8) is 0 Å². The normalized spacial score (nSPS) is 17.6. The van der Waals surface area contributed by atoms with Gasteiger partial charge >= 0.3 is 0 Å². The van der Waals surface area contributed by atoms with E-state index < -0.39 is 15.8 Å². The minimum atomic E-state index is -3.69. The summed E-state index contributed by atoms with van der Waals surface area (Å²) < 4.78 is 45.6. The van der Waals surface area contributed by atoms with E-state index in [4.69, 9.17) is 4.74 Å². The summed E-state index contributed by atoms with van der Waals surface area (Å²) in [4.78, 5) is 14.3. The van der Waals surface area contributed by atoms with Crippen LogP contribution in [-0.2, 0) is 20.5 Å². The van der Waals surface area contributed by atoms with Gasteiger partial charge in [0, 0.05) is 24.3 Å². The maximum absolute atomic E-state index is 13.0. The van der Waals surface area contributed by atoms with Crippen molar-refractivity contribution in [3.8, 4) is 0 Å². The van der Waals surface area contributed by atoms with Crippen LogP contribution in [0, 0.1) is 5.82 Å². The zero-order valence-corrected chi connectivity index (χ0v) is 15.7. The first-order valence-corrected chi connectivity index (χ1v) is 10.2. The highest BCUT2D eigenvalue weighted by Gasteiger charge is 2.23. The largest absolute Gasteiger partial charge is 0.375 e. The van der Waals surface area contributed by atoms with Gasteiger partial charge in [-0.05, 0) is 42.8 Å². The molecule has 8 heteroatoms. The molecule has 1 saturated heterocycles. The van der Waals surface area contributed by atoms with Gasteiger partial charge in [-0.3, -0.25) is 9.52 Å². The lowest BCUT2D eigenvalue weighted by atomic mass is 10.1. The van der Waals surface area contributed by atoms with Crippen LogP contribution in [0.4, 0.5) is 10.1 Å². The number of halogens is 1. The van der Waals surface area contributed by atoms with Crippen molar-refractivity contribution in [2.45, 2.75) is 18.8 Å². The highest BCUT2D eigenvalue weighted by molar-refractivity contribution is 7.91. The number of benzene rings is 2.